The average Bonchev–Trinajstić information content (AvgIpc) is 3.02. The van der Waals surface area contributed by atoms with Gasteiger partial charge in [-0.25, -0.2) is 18.0 Å². The summed E-state index contributed by atoms with van der Waals surface area (Å²) in [6.45, 7) is 2.18. The van der Waals surface area contributed by atoms with Gasteiger partial charge < -0.3 is 15.0 Å². The van der Waals surface area contributed by atoms with Crippen LogP contribution < -0.4 is 5.32 Å². The lowest BCUT2D eigenvalue weighted by Gasteiger charge is -2.47. The molecule has 2 amide bonds. The largest absolute Gasteiger partial charge is 0.447 e. The van der Waals surface area contributed by atoms with Crippen molar-refractivity contribution in [1.82, 2.24) is 10.2 Å². The van der Waals surface area contributed by atoms with Crippen LogP contribution >= 0.6 is 11.6 Å². The quantitative estimate of drug-likeness (QED) is 0.785. The van der Waals surface area contributed by atoms with Gasteiger partial charge in [-0.2, -0.15) is 0 Å². The number of piperidine rings is 1. The SMILES string of the molecule is CC1(C(F)(F)c2ccc(F)cc2Cl)CCN(C(=O)[C@H]2C[C@@]3(COC(=O)N3)C2)CC1. The molecule has 2 saturated heterocycles. The predicted molar refractivity (Wildman–Crippen MR) is 99.2 cm³/mol. The fraction of sp³-hybridized carbons (Fsp3) is 0.600. The van der Waals surface area contributed by atoms with E-state index in [0.717, 1.165) is 18.2 Å². The molecule has 2 heterocycles. The fourth-order valence-corrected chi connectivity index (χ4v) is 4.92. The third kappa shape index (κ3) is 3.35. The number of hydrogen-bond donors (Lipinski definition) is 1. The summed E-state index contributed by atoms with van der Waals surface area (Å²) in [5.41, 5.74) is -2.23. The van der Waals surface area contributed by atoms with Gasteiger partial charge in [0.05, 0.1) is 10.6 Å². The molecule has 158 valence electrons. The Morgan fingerprint density at radius 3 is 2.52 bits per heavy atom. The summed E-state index contributed by atoms with van der Waals surface area (Å²) >= 11 is 5.89. The molecule has 1 aromatic rings. The van der Waals surface area contributed by atoms with Gasteiger partial charge in [0.1, 0.15) is 12.4 Å². The lowest BCUT2D eigenvalue weighted by atomic mass is 9.67. The molecule has 5 nitrogen and oxygen atoms in total. The maximum absolute atomic E-state index is 15.3. The van der Waals surface area contributed by atoms with E-state index in [0.29, 0.717) is 12.8 Å². The Balaban J connectivity index is 1.39. The first-order chi connectivity index (χ1) is 13.6. The van der Waals surface area contributed by atoms with Gasteiger partial charge in [-0.1, -0.05) is 18.5 Å². The van der Waals surface area contributed by atoms with E-state index in [9.17, 15) is 14.0 Å². The number of benzene rings is 1. The second kappa shape index (κ2) is 6.79. The van der Waals surface area contributed by atoms with Crippen molar-refractivity contribution >= 4 is 23.6 Å². The summed E-state index contributed by atoms with van der Waals surface area (Å²) < 4.78 is 48.7. The van der Waals surface area contributed by atoms with E-state index in [1.165, 1.54) is 6.92 Å². The Morgan fingerprint density at radius 2 is 1.97 bits per heavy atom. The molecule has 1 N–H and O–H groups in total. The number of cyclic esters (lactones) is 1. The first-order valence-electron chi connectivity index (χ1n) is 9.62. The highest BCUT2D eigenvalue weighted by Gasteiger charge is 2.56. The van der Waals surface area contributed by atoms with Gasteiger partial charge >= 0.3 is 6.09 Å². The highest BCUT2D eigenvalue weighted by atomic mass is 35.5. The van der Waals surface area contributed by atoms with Gasteiger partial charge in [0.2, 0.25) is 5.91 Å². The minimum Gasteiger partial charge on any atom is -0.447 e. The molecule has 1 saturated carbocycles. The Hall–Kier alpha value is -1.96. The van der Waals surface area contributed by atoms with Crippen LogP contribution in [0.4, 0.5) is 18.0 Å². The molecule has 0 unspecified atom stereocenters. The molecule has 1 aliphatic carbocycles. The van der Waals surface area contributed by atoms with Crippen molar-refractivity contribution in [2.24, 2.45) is 11.3 Å². The molecule has 9 heteroatoms. The number of hydrogen-bond acceptors (Lipinski definition) is 3. The van der Waals surface area contributed by atoms with E-state index >= 15 is 8.78 Å². The van der Waals surface area contributed by atoms with Crippen molar-refractivity contribution in [1.29, 1.82) is 0 Å². The summed E-state index contributed by atoms with van der Waals surface area (Å²) in [6, 6.07) is 2.91. The molecule has 0 radical (unpaired) electrons. The molecule has 1 spiro atoms. The minimum absolute atomic E-state index is 0.0676. The van der Waals surface area contributed by atoms with Crippen LogP contribution in [0.1, 0.15) is 38.2 Å². The number of nitrogens with one attached hydrogen (secondary N) is 1. The maximum Gasteiger partial charge on any atom is 0.407 e. The van der Waals surface area contributed by atoms with Crippen LogP contribution in [0.3, 0.4) is 0 Å². The molecule has 0 aromatic heterocycles. The first-order valence-corrected chi connectivity index (χ1v) is 10.0. The lowest BCUT2D eigenvalue weighted by molar-refractivity contribution is -0.160. The van der Waals surface area contributed by atoms with Crippen LogP contribution in [0.2, 0.25) is 5.02 Å². The van der Waals surface area contributed by atoms with Gasteiger partial charge in [-0.3, -0.25) is 4.79 Å². The van der Waals surface area contributed by atoms with E-state index in [1.807, 2.05) is 0 Å². The normalized spacial score (nSPS) is 28.7. The van der Waals surface area contributed by atoms with Crippen LogP contribution in [-0.2, 0) is 15.5 Å². The summed E-state index contributed by atoms with van der Waals surface area (Å²) in [5.74, 6) is -4.21. The van der Waals surface area contributed by atoms with E-state index in [2.05, 4.69) is 5.32 Å². The van der Waals surface area contributed by atoms with Crippen molar-refractivity contribution in [3.63, 3.8) is 0 Å². The van der Waals surface area contributed by atoms with Crippen molar-refractivity contribution in [3.05, 3.63) is 34.6 Å². The second-order valence-corrected chi connectivity index (χ2v) is 9.08. The molecule has 2 aliphatic heterocycles. The van der Waals surface area contributed by atoms with E-state index in [-0.39, 0.29) is 54.9 Å². The fourth-order valence-electron chi connectivity index (χ4n) is 4.63. The lowest BCUT2D eigenvalue weighted by Crippen LogP contribution is -2.59. The maximum atomic E-state index is 15.3. The molecule has 4 rings (SSSR count). The van der Waals surface area contributed by atoms with Crippen LogP contribution in [0.5, 0.6) is 0 Å². The van der Waals surface area contributed by atoms with E-state index < -0.39 is 28.8 Å². The zero-order chi connectivity index (χ0) is 21.0. The third-order valence-electron chi connectivity index (χ3n) is 6.68. The van der Waals surface area contributed by atoms with E-state index in [4.69, 9.17) is 16.3 Å². The number of alkyl carbamates (subject to hydrolysis) is 1. The monoisotopic (exact) mass is 430 g/mol. The average molecular weight is 431 g/mol. The number of likely N-dealkylation sites (tertiary alicyclic amines) is 1. The van der Waals surface area contributed by atoms with Crippen molar-refractivity contribution in [2.75, 3.05) is 19.7 Å². The van der Waals surface area contributed by atoms with E-state index in [1.54, 1.807) is 4.90 Å². The molecule has 0 atom stereocenters. The second-order valence-electron chi connectivity index (χ2n) is 8.67. The van der Waals surface area contributed by atoms with Crippen molar-refractivity contribution in [3.8, 4) is 0 Å². The predicted octanol–water partition coefficient (Wildman–Crippen LogP) is 4.09. The molecule has 0 bridgehead atoms. The Bertz CT molecular complexity index is 849. The minimum atomic E-state index is -3.25. The van der Waals surface area contributed by atoms with Gasteiger partial charge in [0.25, 0.3) is 5.92 Å². The van der Waals surface area contributed by atoms with Gasteiger partial charge in [-0.15, -0.1) is 0 Å². The Labute approximate surface area is 171 Å². The molecule has 1 aromatic carbocycles. The molecule has 3 aliphatic rings. The number of alkyl halides is 2. The van der Waals surface area contributed by atoms with Gasteiger partial charge in [0.15, 0.2) is 0 Å². The van der Waals surface area contributed by atoms with Gasteiger partial charge in [0, 0.05) is 30.0 Å². The third-order valence-corrected chi connectivity index (χ3v) is 6.99. The van der Waals surface area contributed by atoms with Crippen LogP contribution in [0.25, 0.3) is 0 Å². The molecule has 3 fully saturated rings. The molecular weight excluding hydrogens is 409 g/mol. The van der Waals surface area contributed by atoms with Crippen LogP contribution in [-0.4, -0.2) is 42.1 Å². The summed E-state index contributed by atoms with van der Waals surface area (Å²) in [7, 11) is 0. The highest BCUT2D eigenvalue weighted by Crippen LogP contribution is 2.53. The Morgan fingerprint density at radius 1 is 1.31 bits per heavy atom. The zero-order valence-corrected chi connectivity index (χ0v) is 16.7. The van der Waals surface area contributed by atoms with Crippen LogP contribution in [0.15, 0.2) is 18.2 Å². The van der Waals surface area contributed by atoms with Crippen molar-refractivity contribution < 1.29 is 27.5 Å². The number of ether oxygens (including phenoxy) is 1. The number of amides is 2. The Kier molecular flexibility index (Phi) is 4.76. The zero-order valence-electron chi connectivity index (χ0n) is 15.9. The number of carbonyl (C=O) groups excluding carboxylic acids is 2. The van der Waals surface area contributed by atoms with Crippen LogP contribution in [0, 0.1) is 17.2 Å². The number of halogens is 4. The molecular formula is C20H22ClF3N2O3. The topological polar surface area (TPSA) is 58.6 Å². The standard InChI is InChI=1S/C20H22ClF3N2O3/c1-18(20(23,24)14-3-2-13(22)8-15(14)21)4-6-26(7-5-18)16(27)12-9-19(10-12)11-29-17(28)25-19/h2-3,8,12H,4-7,9-11H2,1H3,(H,25,28)/t12-,19-. The number of carbonyl (C=O) groups is 2. The van der Waals surface area contributed by atoms with Gasteiger partial charge in [-0.05, 0) is 43.9 Å². The first kappa shape index (κ1) is 20.3. The summed E-state index contributed by atoms with van der Waals surface area (Å²) in [5, 5.41) is 2.45. The summed E-state index contributed by atoms with van der Waals surface area (Å²) in [6.07, 6.45) is 0.763. The summed E-state index contributed by atoms with van der Waals surface area (Å²) in [4.78, 5) is 25.6. The van der Waals surface area contributed by atoms with Crippen molar-refractivity contribution in [2.45, 2.75) is 44.1 Å². The smallest absolute Gasteiger partial charge is 0.407 e. The number of rotatable bonds is 3. The highest BCUT2D eigenvalue weighted by molar-refractivity contribution is 6.31. The molecule has 29 heavy (non-hydrogen) atoms. The number of nitrogens with zero attached hydrogens (tertiary/aromatic N) is 1.